The topological polar surface area (TPSA) is 88.5 Å². The average Bonchev–Trinajstić information content (AvgIpc) is 2.97. The molecule has 174 valence electrons. The molecule has 2 bridgehead atoms. The predicted octanol–water partition coefficient (Wildman–Crippen LogP) is 2.99. The van der Waals surface area contributed by atoms with Crippen molar-refractivity contribution in [3.05, 3.63) is 35.5 Å². The van der Waals surface area contributed by atoms with Crippen LogP contribution in [0.4, 0.5) is 0 Å². The van der Waals surface area contributed by atoms with E-state index in [1.165, 1.54) is 21.3 Å². The van der Waals surface area contributed by atoms with Crippen molar-refractivity contribution in [1.29, 1.82) is 0 Å². The van der Waals surface area contributed by atoms with E-state index < -0.39 is 10.2 Å². The maximum Gasteiger partial charge on any atom is 0.345 e. The van der Waals surface area contributed by atoms with Crippen LogP contribution in [0.5, 0.6) is 11.5 Å². The lowest BCUT2D eigenvalue weighted by atomic mass is 9.65. The van der Waals surface area contributed by atoms with E-state index in [9.17, 15) is 13.2 Å². The van der Waals surface area contributed by atoms with Crippen LogP contribution in [0.2, 0.25) is 0 Å². The van der Waals surface area contributed by atoms with Crippen molar-refractivity contribution in [3.8, 4) is 11.5 Å². The van der Waals surface area contributed by atoms with Gasteiger partial charge in [0, 0.05) is 25.2 Å². The number of fused-ring (bicyclic) bond motifs is 2. The third kappa shape index (κ3) is 3.87. The molecule has 2 atom stereocenters. The molecule has 9 heteroatoms. The normalized spacial score (nSPS) is 28.1. The number of hydrogen-bond donors (Lipinski definition) is 0. The van der Waals surface area contributed by atoms with Gasteiger partial charge in [0.2, 0.25) is 0 Å². The number of carbonyl (C=O) groups is 1. The van der Waals surface area contributed by atoms with Gasteiger partial charge in [0.25, 0.3) is 5.91 Å². The van der Waals surface area contributed by atoms with Crippen LogP contribution in [0.3, 0.4) is 0 Å². The van der Waals surface area contributed by atoms with Crippen molar-refractivity contribution in [2.45, 2.75) is 46.1 Å². The molecule has 0 N–H and O–H groups in total. The van der Waals surface area contributed by atoms with Crippen LogP contribution < -0.4 is 9.47 Å². The number of amides is 1. The summed E-state index contributed by atoms with van der Waals surface area (Å²) in [5, 5.41) is 0. The zero-order valence-electron chi connectivity index (χ0n) is 19.5. The summed E-state index contributed by atoms with van der Waals surface area (Å²) in [4.78, 5) is 15.5. The summed E-state index contributed by atoms with van der Waals surface area (Å²) in [7, 11) is 0.367. The number of methoxy groups -OCH3 is 2. The minimum Gasteiger partial charge on any atom is -0.493 e. The Balaban J connectivity index is 1.72. The fourth-order valence-electron chi connectivity index (χ4n) is 5.73. The highest BCUT2D eigenvalue weighted by Gasteiger charge is 2.52. The van der Waals surface area contributed by atoms with Gasteiger partial charge in [-0.2, -0.15) is 8.42 Å². The number of likely N-dealkylation sites (N-methyl/N-ethyl adjacent to an activating group) is 1. The Hall–Kier alpha value is -2.55. The van der Waals surface area contributed by atoms with Gasteiger partial charge in [-0.15, -0.1) is 4.40 Å². The molecule has 2 fully saturated rings. The third-order valence-corrected chi connectivity index (χ3v) is 8.06. The van der Waals surface area contributed by atoms with Crippen LogP contribution in [-0.2, 0) is 15.0 Å². The standard InChI is InChI=1S/C23H31N3O5S/c1-22(2)11-16-12-23(3,13-22)14-26(16)21(27)18-10-17(24-32(28,29)25(18)4)15-7-8-19(30-5)20(9-15)31-6/h7-10,16H,11-14H2,1-6H3. The summed E-state index contributed by atoms with van der Waals surface area (Å²) >= 11 is 0. The Kier molecular flexibility index (Phi) is 5.31. The molecule has 1 aromatic carbocycles. The molecule has 1 aliphatic carbocycles. The fourth-order valence-corrected chi connectivity index (χ4v) is 6.64. The number of likely N-dealkylation sites (tertiary alicyclic amines) is 1. The van der Waals surface area contributed by atoms with Gasteiger partial charge in [-0.25, -0.2) is 4.31 Å². The molecule has 3 aliphatic rings. The quantitative estimate of drug-likeness (QED) is 0.688. The third-order valence-electron chi connectivity index (χ3n) is 6.75. The Morgan fingerprint density at radius 3 is 2.47 bits per heavy atom. The van der Waals surface area contributed by atoms with Gasteiger partial charge in [-0.3, -0.25) is 4.79 Å². The summed E-state index contributed by atoms with van der Waals surface area (Å²) in [6, 6.07) is 5.15. The molecule has 2 unspecified atom stereocenters. The van der Waals surface area contributed by atoms with Crippen molar-refractivity contribution in [2.24, 2.45) is 15.2 Å². The molecule has 32 heavy (non-hydrogen) atoms. The van der Waals surface area contributed by atoms with Crippen LogP contribution >= 0.6 is 0 Å². The van der Waals surface area contributed by atoms with Crippen molar-refractivity contribution < 1.29 is 22.7 Å². The number of carbonyl (C=O) groups excluding carboxylic acids is 1. The minimum absolute atomic E-state index is 0.0506. The SMILES string of the molecule is COc1ccc(C2=NS(=O)(=O)N(C)C(C(=O)N3CC4(C)CC3CC(C)(C)C4)=C2)cc1OC. The first-order valence-electron chi connectivity index (χ1n) is 10.7. The first-order chi connectivity index (χ1) is 14.9. The highest BCUT2D eigenvalue weighted by Crippen LogP contribution is 2.52. The van der Waals surface area contributed by atoms with E-state index in [0.717, 1.165) is 23.6 Å². The maximum atomic E-state index is 13.6. The molecular weight excluding hydrogens is 430 g/mol. The van der Waals surface area contributed by atoms with Crippen molar-refractivity contribution in [3.63, 3.8) is 0 Å². The van der Waals surface area contributed by atoms with E-state index in [2.05, 4.69) is 25.2 Å². The lowest BCUT2D eigenvalue weighted by Gasteiger charge is -2.39. The van der Waals surface area contributed by atoms with E-state index >= 15 is 0 Å². The molecule has 8 nitrogen and oxygen atoms in total. The van der Waals surface area contributed by atoms with Crippen molar-refractivity contribution >= 4 is 21.8 Å². The Bertz CT molecular complexity index is 1120. The monoisotopic (exact) mass is 461 g/mol. The van der Waals surface area contributed by atoms with Crippen LogP contribution in [-0.4, -0.2) is 63.1 Å². The molecule has 4 rings (SSSR count). The molecule has 1 aromatic rings. The second-order valence-electron chi connectivity index (χ2n) is 10.2. The summed E-state index contributed by atoms with van der Waals surface area (Å²) in [5.41, 5.74) is 1.03. The van der Waals surface area contributed by atoms with Crippen LogP contribution in [0.15, 0.2) is 34.4 Å². The van der Waals surface area contributed by atoms with Gasteiger partial charge in [0.15, 0.2) is 11.5 Å². The van der Waals surface area contributed by atoms with E-state index in [4.69, 9.17) is 9.47 Å². The number of hydrogen-bond acceptors (Lipinski definition) is 5. The van der Waals surface area contributed by atoms with E-state index in [1.54, 1.807) is 24.3 Å². The number of allylic oxidation sites excluding steroid dienone is 1. The van der Waals surface area contributed by atoms with Gasteiger partial charge in [-0.1, -0.05) is 20.8 Å². The lowest BCUT2D eigenvalue weighted by Crippen LogP contribution is -2.43. The molecule has 1 saturated carbocycles. The highest BCUT2D eigenvalue weighted by atomic mass is 32.2. The van der Waals surface area contributed by atoms with Crippen LogP contribution in [0.25, 0.3) is 0 Å². The van der Waals surface area contributed by atoms with Crippen LogP contribution in [0.1, 0.15) is 45.6 Å². The van der Waals surface area contributed by atoms with E-state index in [1.807, 2.05) is 4.90 Å². The van der Waals surface area contributed by atoms with Crippen molar-refractivity contribution in [2.75, 3.05) is 27.8 Å². The smallest absolute Gasteiger partial charge is 0.345 e. The molecule has 2 heterocycles. The second kappa shape index (κ2) is 7.50. The number of benzene rings is 1. The van der Waals surface area contributed by atoms with Crippen LogP contribution in [0, 0.1) is 10.8 Å². The zero-order chi connectivity index (χ0) is 23.5. The summed E-state index contributed by atoms with van der Waals surface area (Å²) in [6.45, 7) is 7.34. The zero-order valence-corrected chi connectivity index (χ0v) is 20.3. The molecule has 1 amide bonds. The first-order valence-corrected chi connectivity index (χ1v) is 12.1. The number of ether oxygens (including phenoxy) is 2. The largest absolute Gasteiger partial charge is 0.493 e. The maximum absolute atomic E-state index is 13.6. The minimum atomic E-state index is -4.04. The molecule has 0 radical (unpaired) electrons. The van der Waals surface area contributed by atoms with E-state index in [-0.39, 0.29) is 34.2 Å². The molecular formula is C23H31N3O5S. The van der Waals surface area contributed by atoms with Gasteiger partial charge in [0.05, 0.1) is 19.9 Å². The van der Waals surface area contributed by atoms with Gasteiger partial charge >= 0.3 is 10.2 Å². The van der Waals surface area contributed by atoms with E-state index in [0.29, 0.717) is 23.6 Å². The Morgan fingerprint density at radius 2 is 1.81 bits per heavy atom. The Labute approximate surface area is 190 Å². The van der Waals surface area contributed by atoms with Gasteiger partial charge in [-0.05, 0) is 54.4 Å². The lowest BCUT2D eigenvalue weighted by molar-refractivity contribution is -0.129. The molecule has 2 aliphatic heterocycles. The second-order valence-corrected chi connectivity index (χ2v) is 11.8. The average molecular weight is 462 g/mol. The summed E-state index contributed by atoms with van der Waals surface area (Å²) in [6.07, 6.45) is 4.46. The van der Waals surface area contributed by atoms with Gasteiger partial charge in [0.1, 0.15) is 5.70 Å². The number of nitrogens with zero attached hydrogens (tertiary/aromatic N) is 3. The van der Waals surface area contributed by atoms with Crippen molar-refractivity contribution in [1.82, 2.24) is 9.21 Å². The molecule has 1 saturated heterocycles. The first kappa shape index (κ1) is 22.6. The van der Waals surface area contributed by atoms with Gasteiger partial charge < -0.3 is 14.4 Å². The fraction of sp³-hybridized carbons (Fsp3) is 0.565. The molecule has 0 aromatic heterocycles. The summed E-state index contributed by atoms with van der Waals surface area (Å²) < 4.78 is 41.2. The number of rotatable bonds is 4. The predicted molar refractivity (Wildman–Crippen MR) is 122 cm³/mol. The summed E-state index contributed by atoms with van der Waals surface area (Å²) in [5.74, 6) is 0.706. The highest BCUT2D eigenvalue weighted by molar-refractivity contribution is 7.88. The molecule has 0 spiro atoms. The Morgan fingerprint density at radius 1 is 1.12 bits per heavy atom.